The summed E-state index contributed by atoms with van der Waals surface area (Å²) in [7, 11) is 4.71. The summed E-state index contributed by atoms with van der Waals surface area (Å²) in [5.41, 5.74) is 1.61. The Labute approximate surface area is 122 Å². The summed E-state index contributed by atoms with van der Waals surface area (Å²) in [6.07, 6.45) is 1.63. The minimum absolute atomic E-state index is 0.419. The van der Waals surface area contributed by atoms with E-state index >= 15 is 0 Å². The molecule has 0 atom stereocenters. The van der Waals surface area contributed by atoms with Crippen LogP contribution >= 0.6 is 11.6 Å². The number of benzene rings is 1. The van der Waals surface area contributed by atoms with Gasteiger partial charge >= 0.3 is 0 Å². The van der Waals surface area contributed by atoms with Crippen LogP contribution in [0.2, 0.25) is 5.15 Å². The highest BCUT2D eigenvalue weighted by Gasteiger charge is 2.13. The maximum atomic E-state index is 5.86. The number of hydrogen-bond donors (Lipinski definition) is 1. The molecule has 1 aromatic carbocycles. The van der Waals surface area contributed by atoms with Gasteiger partial charge in [0.15, 0.2) is 11.5 Å². The molecule has 0 unspecified atom stereocenters. The Balaban J connectivity index is 2.37. The molecule has 0 aliphatic carbocycles. The van der Waals surface area contributed by atoms with Crippen molar-refractivity contribution in [2.45, 2.75) is 0 Å². The molecule has 1 aromatic heterocycles. The smallest absolute Gasteiger partial charge is 0.203 e. The summed E-state index contributed by atoms with van der Waals surface area (Å²) in [5, 5.41) is 3.62. The normalized spacial score (nSPS) is 10.0. The zero-order valence-electron chi connectivity index (χ0n) is 11.4. The van der Waals surface area contributed by atoms with E-state index in [0.717, 1.165) is 11.4 Å². The number of aromatic nitrogens is 1. The van der Waals surface area contributed by atoms with Crippen molar-refractivity contribution in [3.63, 3.8) is 0 Å². The summed E-state index contributed by atoms with van der Waals surface area (Å²) in [6.45, 7) is 0. The summed E-state index contributed by atoms with van der Waals surface area (Å²) >= 11 is 5.86. The predicted octanol–water partition coefficient (Wildman–Crippen LogP) is 3.50. The number of methoxy groups -OCH3 is 3. The van der Waals surface area contributed by atoms with Crippen LogP contribution in [-0.4, -0.2) is 26.3 Å². The molecule has 5 nitrogen and oxygen atoms in total. The summed E-state index contributed by atoms with van der Waals surface area (Å²) in [5.74, 6) is 1.71. The van der Waals surface area contributed by atoms with Gasteiger partial charge in [0, 0.05) is 29.7 Å². The van der Waals surface area contributed by atoms with Crippen molar-refractivity contribution < 1.29 is 14.2 Å². The van der Waals surface area contributed by atoms with Crippen molar-refractivity contribution >= 4 is 23.0 Å². The first-order valence-electron chi connectivity index (χ1n) is 5.86. The van der Waals surface area contributed by atoms with Crippen molar-refractivity contribution in [3.05, 3.63) is 35.6 Å². The standard InChI is InChI=1S/C14H15ClN2O3/c1-18-11-6-10(7-12(19-2)14(11)20-3)17-9-4-5-16-13(15)8-9/h4-8H,1-3H3,(H,16,17). The molecule has 2 aromatic rings. The zero-order valence-corrected chi connectivity index (χ0v) is 12.2. The molecule has 0 aliphatic heterocycles. The molecule has 0 amide bonds. The number of ether oxygens (including phenoxy) is 3. The van der Waals surface area contributed by atoms with E-state index in [-0.39, 0.29) is 0 Å². The quantitative estimate of drug-likeness (QED) is 0.855. The van der Waals surface area contributed by atoms with E-state index in [9.17, 15) is 0 Å². The largest absolute Gasteiger partial charge is 0.493 e. The topological polar surface area (TPSA) is 52.6 Å². The molecule has 0 bridgehead atoms. The van der Waals surface area contributed by atoms with E-state index in [1.165, 1.54) is 0 Å². The van der Waals surface area contributed by atoms with Gasteiger partial charge in [0.25, 0.3) is 0 Å². The van der Waals surface area contributed by atoms with Crippen LogP contribution in [0, 0.1) is 0 Å². The van der Waals surface area contributed by atoms with Crippen LogP contribution in [0.1, 0.15) is 0 Å². The molecule has 0 radical (unpaired) electrons. The van der Waals surface area contributed by atoms with E-state index in [4.69, 9.17) is 25.8 Å². The number of anilines is 2. The highest BCUT2D eigenvalue weighted by molar-refractivity contribution is 6.29. The van der Waals surface area contributed by atoms with Gasteiger partial charge in [0.1, 0.15) is 5.15 Å². The van der Waals surface area contributed by atoms with Crippen LogP contribution in [0.15, 0.2) is 30.5 Å². The molecule has 1 heterocycles. The van der Waals surface area contributed by atoms with Crippen LogP contribution < -0.4 is 19.5 Å². The Morgan fingerprint density at radius 1 is 0.950 bits per heavy atom. The summed E-state index contributed by atoms with van der Waals surface area (Å²) in [6, 6.07) is 7.17. The first-order valence-corrected chi connectivity index (χ1v) is 6.24. The van der Waals surface area contributed by atoms with Crippen LogP contribution in [0.3, 0.4) is 0 Å². The van der Waals surface area contributed by atoms with Gasteiger partial charge in [-0.1, -0.05) is 11.6 Å². The average molecular weight is 295 g/mol. The number of nitrogens with one attached hydrogen (secondary N) is 1. The van der Waals surface area contributed by atoms with E-state index < -0.39 is 0 Å². The molecule has 20 heavy (non-hydrogen) atoms. The first kappa shape index (κ1) is 14.3. The van der Waals surface area contributed by atoms with Crippen molar-refractivity contribution in [2.24, 2.45) is 0 Å². The number of nitrogens with zero attached hydrogens (tertiary/aromatic N) is 1. The molecule has 2 rings (SSSR count). The zero-order chi connectivity index (χ0) is 14.5. The van der Waals surface area contributed by atoms with E-state index in [0.29, 0.717) is 22.4 Å². The van der Waals surface area contributed by atoms with Gasteiger partial charge in [-0.05, 0) is 12.1 Å². The van der Waals surface area contributed by atoms with Gasteiger partial charge in [0.2, 0.25) is 5.75 Å². The number of halogens is 1. The Kier molecular flexibility index (Phi) is 4.53. The fourth-order valence-corrected chi connectivity index (χ4v) is 1.97. The highest BCUT2D eigenvalue weighted by atomic mass is 35.5. The van der Waals surface area contributed by atoms with Crippen molar-refractivity contribution in [1.82, 2.24) is 4.98 Å². The molecule has 1 N–H and O–H groups in total. The molecule has 6 heteroatoms. The van der Waals surface area contributed by atoms with Gasteiger partial charge in [-0.2, -0.15) is 0 Å². The second-order valence-corrected chi connectivity index (χ2v) is 4.29. The lowest BCUT2D eigenvalue weighted by molar-refractivity contribution is 0.324. The van der Waals surface area contributed by atoms with Crippen LogP contribution in [0.25, 0.3) is 0 Å². The predicted molar refractivity (Wildman–Crippen MR) is 78.6 cm³/mol. The Morgan fingerprint density at radius 3 is 2.10 bits per heavy atom. The minimum Gasteiger partial charge on any atom is -0.493 e. The molecule has 106 valence electrons. The third kappa shape index (κ3) is 3.05. The molecule has 0 saturated carbocycles. The van der Waals surface area contributed by atoms with Gasteiger partial charge in [0.05, 0.1) is 21.3 Å². The molecule has 0 saturated heterocycles. The van der Waals surface area contributed by atoms with E-state index in [1.54, 1.807) is 33.6 Å². The lowest BCUT2D eigenvalue weighted by atomic mass is 10.2. The fourth-order valence-electron chi connectivity index (χ4n) is 1.80. The van der Waals surface area contributed by atoms with Gasteiger partial charge < -0.3 is 19.5 Å². The number of pyridine rings is 1. The Bertz CT molecular complexity index is 580. The third-order valence-electron chi connectivity index (χ3n) is 2.68. The lowest BCUT2D eigenvalue weighted by Gasteiger charge is -2.15. The first-order chi connectivity index (χ1) is 9.67. The van der Waals surface area contributed by atoms with E-state index in [2.05, 4.69) is 10.3 Å². The summed E-state index contributed by atoms with van der Waals surface area (Å²) in [4.78, 5) is 3.93. The second-order valence-electron chi connectivity index (χ2n) is 3.91. The maximum absolute atomic E-state index is 5.86. The summed E-state index contributed by atoms with van der Waals surface area (Å²) < 4.78 is 15.9. The maximum Gasteiger partial charge on any atom is 0.203 e. The Hall–Kier alpha value is -2.14. The van der Waals surface area contributed by atoms with Crippen molar-refractivity contribution in [3.8, 4) is 17.2 Å². The highest BCUT2D eigenvalue weighted by Crippen LogP contribution is 2.40. The van der Waals surface area contributed by atoms with Gasteiger partial charge in [-0.3, -0.25) is 0 Å². The molecular formula is C14H15ClN2O3. The van der Waals surface area contributed by atoms with Crippen LogP contribution in [0.5, 0.6) is 17.2 Å². The third-order valence-corrected chi connectivity index (χ3v) is 2.89. The van der Waals surface area contributed by atoms with E-state index in [1.807, 2.05) is 18.2 Å². The molecular weight excluding hydrogens is 280 g/mol. The van der Waals surface area contributed by atoms with Gasteiger partial charge in [-0.25, -0.2) is 4.98 Å². The monoisotopic (exact) mass is 294 g/mol. The van der Waals surface area contributed by atoms with Crippen LogP contribution in [-0.2, 0) is 0 Å². The van der Waals surface area contributed by atoms with Gasteiger partial charge in [-0.15, -0.1) is 0 Å². The van der Waals surface area contributed by atoms with Crippen LogP contribution in [0.4, 0.5) is 11.4 Å². The number of rotatable bonds is 5. The average Bonchev–Trinajstić information content (AvgIpc) is 2.46. The molecule has 0 fully saturated rings. The lowest BCUT2D eigenvalue weighted by Crippen LogP contribution is -1.98. The minimum atomic E-state index is 0.419. The molecule has 0 spiro atoms. The molecule has 0 aliphatic rings. The van der Waals surface area contributed by atoms with Crippen molar-refractivity contribution in [2.75, 3.05) is 26.6 Å². The van der Waals surface area contributed by atoms with Crippen molar-refractivity contribution in [1.29, 1.82) is 0 Å². The second kappa shape index (κ2) is 6.34. The fraction of sp³-hybridized carbons (Fsp3) is 0.214. The number of hydrogen-bond acceptors (Lipinski definition) is 5. The SMILES string of the molecule is COc1cc(Nc2ccnc(Cl)c2)cc(OC)c1OC. The Morgan fingerprint density at radius 2 is 1.60 bits per heavy atom.